The van der Waals surface area contributed by atoms with Crippen LogP contribution in [0.2, 0.25) is 5.02 Å². The SMILES string of the molecule is COc1ccc(-c2c(Cl)cc(N)cc2C(F)(F)F)cc1S(=O)(=O)C(C)C. The summed E-state index contributed by atoms with van der Waals surface area (Å²) in [5.41, 5.74) is 3.97. The van der Waals surface area contributed by atoms with E-state index >= 15 is 0 Å². The molecule has 2 rings (SSSR count). The minimum atomic E-state index is -4.72. The minimum absolute atomic E-state index is 0.00218. The number of rotatable bonds is 4. The van der Waals surface area contributed by atoms with Crippen molar-refractivity contribution in [2.24, 2.45) is 0 Å². The van der Waals surface area contributed by atoms with Crippen LogP contribution in [-0.4, -0.2) is 20.8 Å². The van der Waals surface area contributed by atoms with E-state index in [1.165, 1.54) is 39.2 Å². The Labute approximate surface area is 154 Å². The molecule has 0 aliphatic carbocycles. The molecule has 26 heavy (non-hydrogen) atoms. The van der Waals surface area contributed by atoms with Crippen LogP contribution < -0.4 is 10.5 Å². The normalized spacial score (nSPS) is 12.5. The number of sulfone groups is 1. The van der Waals surface area contributed by atoms with Crippen LogP contribution in [0, 0.1) is 0 Å². The van der Waals surface area contributed by atoms with E-state index in [9.17, 15) is 21.6 Å². The summed E-state index contributed by atoms with van der Waals surface area (Å²) >= 11 is 6.02. The Morgan fingerprint density at radius 3 is 2.27 bits per heavy atom. The van der Waals surface area contributed by atoms with Crippen LogP contribution in [0.25, 0.3) is 11.1 Å². The molecule has 0 unspecified atom stereocenters. The predicted octanol–water partition coefficient (Wildman–Crippen LogP) is 4.80. The molecule has 0 spiro atoms. The molecule has 0 saturated carbocycles. The van der Waals surface area contributed by atoms with Crippen LogP contribution in [0.1, 0.15) is 19.4 Å². The summed E-state index contributed by atoms with van der Waals surface area (Å²) in [5, 5.41) is -1.01. The van der Waals surface area contributed by atoms with Crippen molar-refractivity contribution in [3.05, 3.63) is 40.9 Å². The summed E-state index contributed by atoms with van der Waals surface area (Å²) in [4.78, 5) is -0.200. The first-order valence-electron chi connectivity index (χ1n) is 7.48. The van der Waals surface area contributed by atoms with E-state index in [0.29, 0.717) is 0 Å². The van der Waals surface area contributed by atoms with Crippen molar-refractivity contribution in [1.82, 2.24) is 0 Å². The monoisotopic (exact) mass is 407 g/mol. The number of hydrogen-bond acceptors (Lipinski definition) is 4. The van der Waals surface area contributed by atoms with Gasteiger partial charge in [0.05, 0.1) is 22.9 Å². The molecule has 0 aliphatic heterocycles. The Bertz CT molecular complexity index is 941. The third-order valence-corrected chi connectivity index (χ3v) is 6.27. The summed E-state index contributed by atoms with van der Waals surface area (Å²) in [7, 11) is -2.51. The highest BCUT2D eigenvalue weighted by Gasteiger charge is 2.36. The lowest BCUT2D eigenvalue weighted by molar-refractivity contribution is -0.137. The largest absolute Gasteiger partial charge is 0.495 e. The first kappa shape index (κ1) is 20.4. The topological polar surface area (TPSA) is 69.4 Å². The first-order valence-corrected chi connectivity index (χ1v) is 9.40. The van der Waals surface area contributed by atoms with Crippen molar-refractivity contribution in [1.29, 1.82) is 0 Å². The second kappa shape index (κ2) is 7.00. The Kier molecular flexibility index (Phi) is 5.49. The average molecular weight is 408 g/mol. The maximum atomic E-state index is 13.4. The molecule has 4 nitrogen and oxygen atoms in total. The van der Waals surface area contributed by atoms with E-state index in [1.54, 1.807) is 0 Å². The lowest BCUT2D eigenvalue weighted by Crippen LogP contribution is -2.15. The molecular formula is C17H17ClF3NO3S. The molecule has 0 aliphatic rings. The second-order valence-electron chi connectivity index (χ2n) is 5.88. The van der Waals surface area contributed by atoms with Gasteiger partial charge in [-0.2, -0.15) is 13.2 Å². The zero-order valence-corrected chi connectivity index (χ0v) is 15.8. The molecule has 2 aromatic carbocycles. The zero-order chi connectivity index (χ0) is 19.9. The summed E-state index contributed by atoms with van der Waals surface area (Å²) in [6, 6.07) is 5.72. The van der Waals surface area contributed by atoms with Crippen LogP contribution >= 0.6 is 11.6 Å². The summed E-state index contributed by atoms with van der Waals surface area (Å²) in [6.45, 7) is 2.94. The lowest BCUT2D eigenvalue weighted by atomic mass is 9.98. The molecule has 0 radical (unpaired) electrons. The quantitative estimate of drug-likeness (QED) is 0.739. The molecule has 9 heteroatoms. The number of alkyl halides is 3. The number of nitrogen functional groups attached to an aromatic ring is 1. The van der Waals surface area contributed by atoms with E-state index in [4.69, 9.17) is 22.1 Å². The third kappa shape index (κ3) is 3.76. The highest BCUT2D eigenvalue weighted by atomic mass is 35.5. The van der Waals surface area contributed by atoms with Crippen molar-refractivity contribution in [3.63, 3.8) is 0 Å². The molecule has 2 N–H and O–H groups in total. The highest BCUT2D eigenvalue weighted by Crippen LogP contribution is 2.43. The summed E-state index contributed by atoms with van der Waals surface area (Å²) in [5.74, 6) is 0.0441. The first-order chi connectivity index (χ1) is 11.9. The van der Waals surface area contributed by atoms with Gasteiger partial charge in [0, 0.05) is 11.3 Å². The number of ether oxygens (including phenoxy) is 1. The van der Waals surface area contributed by atoms with Gasteiger partial charge in [-0.05, 0) is 43.7 Å². The van der Waals surface area contributed by atoms with Crippen molar-refractivity contribution in [3.8, 4) is 16.9 Å². The van der Waals surface area contributed by atoms with E-state index in [-0.39, 0.29) is 32.5 Å². The van der Waals surface area contributed by atoms with Crippen LogP contribution in [-0.2, 0) is 16.0 Å². The predicted molar refractivity (Wildman–Crippen MR) is 95.2 cm³/mol. The van der Waals surface area contributed by atoms with Gasteiger partial charge in [-0.15, -0.1) is 0 Å². The molecular weight excluding hydrogens is 391 g/mol. The number of nitrogens with two attached hydrogens (primary N) is 1. The van der Waals surface area contributed by atoms with Gasteiger partial charge >= 0.3 is 6.18 Å². The van der Waals surface area contributed by atoms with Gasteiger partial charge in [0.15, 0.2) is 9.84 Å². The van der Waals surface area contributed by atoms with Crippen LogP contribution in [0.5, 0.6) is 5.75 Å². The van der Waals surface area contributed by atoms with Gasteiger partial charge in [-0.3, -0.25) is 0 Å². The standard InChI is InChI=1S/C17H17ClF3NO3S/c1-9(2)26(23,24)15-6-10(4-5-14(15)25-3)16-12(17(19,20)21)7-11(22)8-13(16)18/h4-9H,22H2,1-3H3. The smallest absolute Gasteiger partial charge is 0.417 e. The lowest BCUT2D eigenvalue weighted by Gasteiger charge is -2.18. The van der Waals surface area contributed by atoms with Gasteiger partial charge in [0.25, 0.3) is 0 Å². The second-order valence-corrected chi connectivity index (χ2v) is 8.76. The Balaban J connectivity index is 2.84. The summed E-state index contributed by atoms with van der Waals surface area (Å²) < 4.78 is 70.5. The third-order valence-electron chi connectivity index (χ3n) is 3.80. The number of anilines is 1. The molecule has 0 bridgehead atoms. The molecule has 0 aromatic heterocycles. The van der Waals surface area contributed by atoms with Crippen molar-refractivity contribution >= 4 is 27.1 Å². The minimum Gasteiger partial charge on any atom is -0.495 e. The van der Waals surface area contributed by atoms with E-state index in [0.717, 1.165) is 12.1 Å². The average Bonchev–Trinajstić information content (AvgIpc) is 2.52. The van der Waals surface area contributed by atoms with Crippen LogP contribution in [0.4, 0.5) is 18.9 Å². The summed E-state index contributed by atoms with van der Waals surface area (Å²) in [6.07, 6.45) is -4.72. The van der Waals surface area contributed by atoms with Gasteiger partial charge in [-0.1, -0.05) is 17.7 Å². The molecule has 2 aromatic rings. The van der Waals surface area contributed by atoms with Gasteiger partial charge < -0.3 is 10.5 Å². The fourth-order valence-corrected chi connectivity index (χ4v) is 4.02. The molecule has 142 valence electrons. The molecule has 0 heterocycles. The number of hydrogen-bond donors (Lipinski definition) is 1. The van der Waals surface area contributed by atoms with E-state index < -0.39 is 26.8 Å². The van der Waals surface area contributed by atoms with Crippen LogP contribution in [0.3, 0.4) is 0 Å². The molecule has 0 fully saturated rings. The Morgan fingerprint density at radius 2 is 1.77 bits per heavy atom. The maximum Gasteiger partial charge on any atom is 0.417 e. The molecule has 0 atom stereocenters. The van der Waals surface area contributed by atoms with Gasteiger partial charge in [0.1, 0.15) is 10.6 Å². The van der Waals surface area contributed by atoms with Gasteiger partial charge in [0.2, 0.25) is 0 Å². The zero-order valence-electron chi connectivity index (χ0n) is 14.2. The number of halogens is 4. The fourth-order valence-electron chi connectivity index (χ4n) is 2.45. The number of benzene rings is 2. The Hall–Kier alpha value is -1.93. The van der Waals surface area contributed by atoms with Crippen molar-refractivity contribution < 1.29 is 26.3 Å². The molecule has 0 amide bonds. The number of methoxy groups -OCH3 is 1. The van der Waals surface area contributed by atoms with E-state index in [2.05, 4.69) is 0 Å². The van der Waals surface area contributed by atoms with Crippen LogP contribution in [0.15, 0.2) is 35.2 Å². The molecule has 0 saturated heterocycles. The fraction of sp³-hybridized carbons (Fsp3) is 0.294. The highest BCUT2D eigenvalue weighted by molar-refractivity contribution is 7.92. The van der Waals surface area contributed by atoms with Crippen molar-refractivity contribution in [2.75, 3.05) is 12.8 Å². The van der Waals surface area contributed by atoms with Crippen molar-refractivity contribution in [2.45, 2.75) is 30.2 Å². The maximum absolute atomic E-state index is 13.4. The van der Waals surface area contributed by atoms with E-state index in [1.807, 2.05) is 0 Å². The van der Waals surface area contributed by atoms with Gasteiger partial charge in [-0.25, -0.2) is 8.42 Å². The Morgan fingerprint density at radius 1 is 1.15 bits per heavy atom.